The molecule has 1 aliphatic rings. The van der Waals surface area contributed by atoms with E-state index in [2.05, 4.69) is 84.8 Å². The van der Waals surface area contributed by atoms with Crippen LogP contribution in [0.2, 0.25) is 0 Å². The first-order valence-electron chi connectivity index (χ1n) is 20.0. The molecule has 7 aromatic carbocycles. The Kier molecular flexibility index (Phi) is 8.07. The summed E-state index contributed by atoms with van der Waals surface area (Å²) in [6.07, 6.45) is 1.80. The highest BCUT2D eigenvalue weighted by molar-refractivity contribution is 6.10. The van der Waals surface area contributed by atoms with Crippen LogP contribution in [0, 0.1) is 11.6 Å². The van der Waals surface area contributed by atoms with Gasteiger partial charge in [-0.25, -0.2) is 13.8 Å². The number of rotatable bonds is 6. The molecule has 0 aliphatic carbocycles. The minimum atomic E-state index is -0.628. The Bertz CT molecular complexity index is 3290. The maximum Gasteiger partial charge on any atom is 0.149 e. The van der Waals surface area contributed by atoms with Gasteiger partial charge in [0.25, 0.3) is 0 Å². The second-order valence-corrected chi connectivity index (χ2v) is 16.3. The third-order valence-corrected chi connectivity index (χ3v) is 11.6. The Morgan fingerprint density at radius 3 is 2.17 bits per heavy atom. The number of fused-ring (bicyclic) bond motifs is 7. The molecule has 292 valence electrons. The number of furan rings is 1. The van der Waals surface area contributed by atoms with Crippen LogP contribution in [0.3, 0.4) is 0 Å². The highest BCUT2D eigenvalue weighted by Gasteiger charge is 2.33. The Morgan fingerprint density at radius 1 is 0.600 bits per heavy atom. The Hall–Kier alpha value is -7.45. The van der Waals surface area contributed by atoms with Gasteiger partial charge in [-0.1, -0.05) is 93.6 Å². The van der Waals surface area contributed by atoms with Gasteiger partial charge in [-0.3, -0.25) is 4.57 Å². The molecule has 0 saturated carbocycles. The van der Waals surface area contributed by atoms with Gasteiger partial charge in [-0.15, -0.1) is 0 Å². The summed E-state index contributed by atoms with van der Waals surface area (Å²) in [6, 6.07) is 50.9. The Morgan fingerprint density at radius 2 is 1.35 bits per heavy atom. The number of anilines is 4. The highest BCUT2D eigenvalue weighted by Crippen LogP contribution is 2.49. The monoisotopic (exact) mass is 788 g/mol. The normalized spacial score (nSPS) is 12.9. The van der Waals surface area contributed by atoms with Crippen molar-refractivity contribution in [1.29, 1.82) is 0 Å². The zero-order chi connectivity index (χ0) is 40.7. The molecule has 0 atom stereocenters. The van der Waals surface area contributed by atoms with Crippen molar-refractivity contribution in [1.82, 2.24) is 9.55 Å². The minimum Gasteiger partial charge on any atom is -0.457 e. The lowest BCUT2D eigenvalue weighted by atomic mass is 9.86. The van der Waals surface area contributed by atoms with E-state index in [4.69, 9.17) is 14.1 Å². The van der Waals surface area contributed by atoms with E-state index in [1.807, 2.05) is 84.9 Å². The number of hydrogen-bond donors (Lipinski definition) is 0. The number of halogens is 2. The van der Waals surface area contributed by atoms with Crippen LogP contribution in [0.4, 0.5) is 31.5 Å². The zero-order valence-electron chi connectivity index (χ0n) is 33.2. The van der Waals surface area contributed by atoms with Crippen LogP contribution in [0.25, 0.3) is 60.7 Å². The number of ether oxygens (including phenoxy) is 1. The quantitative estimate of drug-likeness (QED) is 0.168. The summed E-state index contributed by atoms with van der Waals surface area (Å²) in [5, 5.41) is 4.24. The van der Waals surface area contributed by atoms with E-state index in [0.29, 0.717) is 17.2 Å². The molecule has 0 N–H and O–H groups in total. The number of pyridine rings is 1. The summed E-state index contributed by atoms with van der Waals surface area (Å²) in [5.41, 5.74) is 8.39. The van der Waals surface area contributed by atoms with Crippen LogP contribution < -0.4 is 14.5 Å². The van der Waals surface area contributed by atoms with Gasteiger partial charge in [0.05, 0.1) is 22.4 Å². The van der Waals surface area contributed by atoms with Crippen molar-refractivity contribution in [3.8, 4) is 28.4 Å². The van der Waals surface area contributed by atoms with Crippen molar-refractivity contribution < 1.29 is 17.9 Å². The van der Waals surface area contributed by atoms with Crippen LogP contribution in [-0.4, -0.2) is 16.2 Å². The van der Waals surface area contributed by atoms with Gasteiger partial charge in [0.2, 0.25) is 0 Å². The third kappa shape index (κ3) is 5.78. The van der Waals surface area contributed by atoms with E-state index >= 15 is 8.78 Å². The number of para-hydroxylation sites is 4. The van der Waals surface area contributed by atoms with Crippen molar-refractivity contribution >= 4 is 66.5 Å². The Labute approximate surface area is 345 Å². The Balaban J connectivity index is 1.10. The molecular weight excluding hydrogens is 751 g/mol. The van der Waals surface area contributed by atoms with Crippen LogP contribution in [0.1, 0.15) is 26.3 Å². The molecular formula is C52H38F2N4O2. The molecule has 0 saturated heterocycles. The molecule has 11 rings (SSSR count). The van der Waals surface area contributed by atoms with E-state index in [9.17, 15) is 0 Å². The zero-order valence-corrected chi connectivity index (χ0v) is 33.2. The van der Waals surface area contributed by atoms with E-state index in [1.165, 1.54) is 18.2 Å². The largest absolute Gasteiger partial charge is 0.457 e. The third-order valence-electron chi connectivity index (χ3n) is 11.6. The fourth-order valence-corrected chi connectivity index (χ4v) is 8.70. The fraction of sp³-hybridized carbons (Fsp3) is 0.0962. The summed E-state index contributed by atoms with van der Waals surface area (Å²) < 4.78 is 46.9. The summed E-state index contributed by atoms with van der Waals surface area (Å²) in [4.78, 5) is 8.53. The molecule has 0 bridgehead atoms. The summed E-state index contributed by atoms with van der Waals surface area (Å²) >= 11 is 0. The van der Waals surface area contributed by atoms with E-state index in [0.717, 1.165) is 77.6 Å². The van der Waals surface area contributed by atoms with Crippen molar-refractivity contribution in [3.63, 3.8) is 0 Å². The van der Waals surface area contributed by atoms with Crippen molar-refractivity contribution in [3.05, 3.63) is 181 Å². The van der Waals surface area contributed by atoms with Gasteiger partial charge in [-0.2, -0.15) is 0 Å². The first kappa shape index (κ1) is 35.7. The molecule has 10 aromatic rings. The molecule has 0 spiro atoms. The molecule has 4 heterocycles. The standard InChI is InChI=1S/C52H38F2N4O2/c1-52(2,3)33-21-24-45-47(28-33)57(50-42(53)16-11-17-43(50)54)31-56(45)34-26-32(37-14-10-15-41-40-13-5-7-19-48(40)60-51(37)41)27-36(29-34)59-35-22-23-39-38-12-4-6-18-44(38)58(46(39)30-35)49-20-8-9-25-55-49/h4-30H,31H2,1-3H3. The molecule has 0 amide bonds. The van der Waals surface area contributed by atoms with Crippen LogP contribution in [-0.2, 0) is 5.41 Å². The first-order chi connectivity index (χ1) is 29.2. The van der Waals surface area contributed by atoms with Gasteiger partial charge in [0.1, 0.15) is 52.5 Å². The van der Waals surface area contributed by atoms with Crippen molar-refractivity contribution in [2.24, 2.45) is 0 Å². The SMILES string of the molecule is CC(C)(C)c1ccc2c(c1)N(c1c(F)cccc1F)CN2c1cc(Oc2ccc3c4ccccc4n(-c4ccccn4)c3c2)cc(-c2cccc3c2oc2ccccc23)c1. The molecule has 3 aromatic heterocycles. The van der Waals surface area contributed by atoms with Crippen LogP contribution in [0.15, 0.2) is 168 Å². The smallest absolute Gasteiger partial charge is 0.149 e. The summed E-state index contributed by atoms with van der Waals surface area (Å²) in [7, 11) is 0. The molecule has 60 heavy (non-hydrogen) atoms. The molecule has 0 radical (unpaired) electrons. The van der Waals surface area contributed by atoms with E-state index in [1.54, 1.807) is 11.1 Å². The maximum atomic E-state index is 15.7. The highest BCUT2D eigenvalue weighted by atomic mass is 19.1. The van der Waals surface area contributed by atoms with Gasteiger partial charge >= 0.3 is 0 Å². The molecule has 6 nitrogen and oxygen atoms in total. The molecule has 8 heteroatoms. The summed E-state index contributed by atoms with van der Waals surface area (Å²) in [5.74, 6) is 0.772. The van der Waals surface area contributed by atoms with Gasteiger partial charge in [0, 0.05) is 51.1 Å². The lowest BCUT2D eigenvalue weighted by Crippen LogP contribution is -2.25. The van der Waals surface area contributed by atoms with Crippen LogP contribution >= 0.6 is 0 Å². The van der Waals surface area contributed by atoms with Crippen molar-refractivity contribution in [2.45, 2.75) is 26.2 Å². The van der Waals surface area contributed by atoms with Crippen molar-refractivity contribution in [2.75, 3.05) is 16.5 Å². The predicted octanol–water partition coefficient (Wildman–Crippen LogP) is 14.4. The topological polar surface area (TPSA) is 46.7 Å². The maximum absolute atomic E-state index is 15.7. The number of benzene rings is 7. The van der Waals surface area contributed by atoms with Crippen LogP contribution in [0.5, 0.6) is 11.5 Å². The molecule has 0 unspecified atom stereocenters. The fourth-order valence-electron chi connectivity index (χ4n) is 8.70. The van der Waals surface area contributed by atoms with Gasteiger partial charge in [0.15, 0.2) is 0 Å². The minimum absolute atomic E-state index is 0.0939. The van der Waals surface area contributed by atoms with Gasteiger partial charge in [-0.05, 0) is 89.3 Å². The van der Waals surface area contributed by atoms with Gasteiger partial charge < -0.3 is 19.0 Å². The number of aromatic nitrogens is 2. The second kappa shape index (κ2) is 13.6. The lowest BCUT2D eigenvalue weighted by Gasteiger charge is -2.24. The predicted molar refractivity (Wildman–Crippen MR) is 238 cm³/mol. The van der Waals surface area contributed by atoms with E-state index in [-0.39, 0.29) is 17.8 Å². The average Bonchev–Trinajstić information content (AvgIpc) is 3.93. The summed E-state index contributed by atoms with van der Waals surface area (Å²) in [6.45, 7) is 6.56. The average molecular weight is 789 g/mol. The second-order valence-electron chi connectivity index (χ2n) is 16.3. The number of nitrogens with zero attached hydrogens (tertiary/aromatic N) is 4. The molecule has 0 fully saturated rings. The number of hydrogen-bond acceptors (Lipinski definition) is 5. The van der Waals surface area contributed by atoms with E-state index < -0.39 is 11.6 Å². The lowest BCUT2D eigenvalue weighted by molar-refractivity contribution is 0.483. The first-order valence-corrected chi connectivity index (χ1v) is 20.0. The molecule has 1 aliphatic heterocycles.